The molecule has 1 atom stereocenters. The number of halogens is 2. The maximum atomic E-state index is 12.4. The molecule has 92 valence electrons. The van der Waals surface area contributed by atoms with Crippen molar-refractivity contribution in [1.29, 1.82) is 0 Å². The average Bonchev–Trinajstić information content (AvgIpc) is 2.76. The molecule has 3 rings (SSSR count). The molecule has 0 bridgehead atoms. The smallest absolute Gasteiger partial charge is 0.264 e. The Hall–Kier alpha value is -0.610. The van der Waals surface area contributed by atoms with Crippen LogP contribution in [0.25, 0.3) is 0 Å². The Labute approximate surface area is 131 Å². The standard InChI is InChI=1S/C12H8I2N2O2/c13-6-4-7-10(8(14)5-6)15-11(17)9-2-1-3-16(9)12(7)18/h1-5,11,15,17H. The molecule has 1 aromatic carbocycles. The minimum atomic E-state index is -0.876. The summed E-state index contributed by atoms with van der Waals surface area (Å²) in [7, 11) is 0. The van der Waals surface area contributed by atoms with Gasteiger partial charge >= 0.3 is 0 Å². The summed E-state index contributed by atoms with van der Waals surface area (Å²) >= 11 is 4.34. The molecule has 0 aliphatic carbocycles. The third-order valence-corrected chi connectivity index (χ3v) is 4.32. The highest BCUT2D eigenvalue weighted by Crippen LogP contribution is 2.32. The van der Waals surface area contributed by atoms with Gasteiger partial charge < -0.3 is 10.4 Å². The van der Waals surface area contributed by atoms with E-state index in [-0.39, 0.29) is 5.91 Å². The van der Waals surface area contributed by atoms with Gasteiger partial charge in [0.15, 0.2) is 6.23 Å². The van der Waals surface area contributed by atoms with E-state index in [9.17, 15) is 9.90 Å². The van der Waals surface area contributed by atoms with E-state index < -0.39 is 6.23 Å². The van der Waals surface area contributed by atoms with Gasteiger partial charge in [-0.1, -0.05) is 0 Å². The average molecular weight is 466 g/mol. The molecule has 1 aliphatic rings. The van der Waals surface area contributed by atoms with Crippen LogP contribution in [0, 0.1) is 7.14 Å². The second kappa shape index (κ2) is 4.49. The number of nitrogens with zero attached hydrogens (tertiary/aromatic N) is 1. The summed E-state index contributed by atoms with van der Waals surface area (Å²) in [5, 5.41) is 13.1. The number of hydrogen-bond acceptors (Lipinski definition) is 3. The van der Waals surface area contributed by atoms with Crippen molar-refractivity contribution in [3.05, 3.63) is 48.9 Å². The Balaban J connectivity index is 2.29. The maximum absolute atomic E-state index is 12.4. The van der Waals surface area contributed by atoms with Gasteiger partial charge in [0.25, 0.3) is 5.91 Å². The fourth-order valence-corrected chi connectivity index (χ4v) is 4.03. The van der Waals surface area contributed by atoms with E-state index >= 15 is 0 Å². The molecule has 2 N–H and O–H groups in total. The number of fused-ring (bicyclic) bond motifs is 2. The number of aromatic nitrogens is 1. The van der Waals surface area contributed by atoms with Crippen LogP contribution in [0.4, 0.5) is 5.69 Å². The minimum Gasteiger partial charge on any atom is -0.368 e. The Kier molecular flexibility index (Phi) is 3.10. The highest BCUT2D eigenvalue weighted by molar-refractivity contribution is 14.1. The molecule has 0 amide bonds. The Morgan fingerprint density at radius 1 is 1.33 bits per heavy atom. The van der Waals surface area contributed by atoms with Crippen molar-refractivity contribution in [3.63, 3.8) is 0 Å². The summed E-state index contributed by atoms with van der Waals surface area (Å²) in [4.78, 5) is 12.4. The molecule has 2 heterocycles. The van der Waals surface area contributed by atoms with Crippen LogP contribution in [0.2, 0.25) is 0 Å². The molecule has 0 radical (unpaired) electrons. The van der Waals surface area contributed by atoms with Gasteiger partial charge in [0.05, 0.1) is 16.9 Å². The Morgan fingerprint density at radius 2 is 2.11 bits per heavy atom. The van der Waals surface area contributed by atoms with Crippen molar-refractivity contribution in [2.45, 2.75) is 6.23 Å². The molecule has 0 saturated carbocycles. The summed E-state index contributed by atoms with van der Waals surface area (Å²) in [6.45, 7) is 0. The molecule has 0 fully saturated rings. The summed E-state index contributed by atoms with van der Waals surface area (Å²) in [5.41, 5.74) is 1.83. The van der Waals surface area contributed by atoms with E-state index in [1.54, 1.807) is 18.3 Å². The highest BCUT2D eigenvalue weighted by atomic mass is 127. The first kappa shape index (κ1) is 12.4. The largest absolute Gasteiger partial charge is 0.368 e. The lowest BCUT2D eigenvalue weighted by atomic mass is 10.1. The lowest BCUT2D eigenvalue weighted by molar-refractivity contribution is 0.0950. The second-order valence-electron chi connectivity index (χ2n) is 3.97. The predicted molar refractivity (Wildman–Crippen MR) is 84.6 cm³/mol. The van der Waals surface area contributed by atoms with Crippen molar-refractivity contribution in [2.24, 2.45) is 0 Å². The fraction of sp³-hybridized carbons (Fsp3) is 0.0833. The molecule has 0 saturated heterocycles. The zero-order valence-corrected chi connectivity index (χ0v) is 13.3. The minimum absolute atomic E-state index is 0.120. The summed E-state index contributed by atoms with van der Waals surface area (Å²) < 4.78 is 3.40. The molecular weight excluding hydrogens is 458 g/mol. The molecule has 1 unspecified atom stereocenters. The number of aliphatic hydroxyl groups is 1. The van der Waals surface area contributed by atoms with Crippen LogP contribution in [0.3, 0.4) is 0 Å². The number of carbonyl (C=O) groups is 1. The van der Waals surface area contributed by atoms with E-state index in [1.165, 1.54) is 4.57 Å². The molecule has 1 aromatic heterocycles. The lowest BCUT2D eigenvalue weighted by Gasteiger charge is -2.13. The third-order valence-electron chi connectivity index (χ3n) is 2.85. The van der Waals surface area contributed by atoms with Gasteiger partial charge in [-0.05, 0) is 69.4 Å². The summed E-state index contributed by atoms with van der Waals surface area (Å²) in [6, 6.07) is 7.28. The Morgan fingerprint density at radius 3 is 2.89 bits per heavy atom. The SMILES string of the molecule is O=C1c2cc(I)cc(I)c2NC(O)c2cccn21. The van der Waals surface area contributed by atoms with Gasteiger partial charge in [-0.3, -0.25) is 9.36 Å². The topological polar surface area (TPSA) is 54.3 Å². The summed E-state index contributed by atoms with van der Waals surface area (Å²) in [5.74, 6) is -0.120. The first-order valence-electron chi connectivity index (χ1n) is 5.23. The van der Waals surface area contributed by atoms with Crippen LogP contribution in [0.15, 0.2) is 30.5 Å². The van der Waals surface area contributed by atoms with Crippen molar-refractivity contribution in [2.75, 3.05) is 5.32 Å². The van der Waals surface area contributed by atoms with Crippen LogP contribution in [-0.4, -0.2) is 15.6 Å². The second-order valence-corrected chi connectivity index (χ2v) is 6.37. The predicted octanol–water partition coefficient (Wildman–Crippen LogP) is 2.80. The van der Waals surface area contributed by atoms with Crippen molar-refractivity contribution in [1.82, 2.24) is 4.57 Å². The number of anilines is 1. The maximum Gasteiger partial charge on any atom is 0.264 e. The van der Waals surface area contributed by atoms with Gasteiger partial charge in [0, 0.05) is 13.3 Å². The number of hydrogen-bond donors (Lipinski definition) is 2. The molecule has 6 heteroatoms. The van der Waals surface area contributed by atoms with Crippen LogP contribution in [0.1, 0.15) is 22.3 Å². The highest BCUT2D eigenvalue weighted by Gasteiger charge is 2.26. The van der Waals surface area contributed by atoms with Crippen LogP contribution < -0.4 is 5.32 Å². The van der Waals surface area contributed by atoms with Gasteiger partial charge in [-0.25, -0.2) is 0 Å². The fourth-order valence-electron chi connectivity index (χ4n) is 2.03. The van der Waals surface area contributed by atoms with Crippen LogP contribution in [-0.2, 0) is 0 Å². The van der Waals surface area contributed by atoms with Gasteiger partial charge in [-0.2, -0.15) is 0 Å². The monoisotopic (exact) mass is 466 g/mol. The normalized spacial score (nSPS) is 17.7. The zero-order valence-electron chi connectivity index (χ0n) is 9.02. The van der Waals surface area contributed by atoms with Gasteiger partial charge in [-0.15, -0.1) is 0 Å². The number of nitrogens with one attached hydrogen (secondary N) is 1. The van der Waals surface area contributed by atoms with E-state index in [4.69, 9.17) is 0 Å². The quantitative estimate of drug-likeness (QED) is 0.588. The lowest BCUT2D eigenvalue weighted by Crippen LogP contribution is -2.14. The van der Waals surface area contributed by atoms with E-state index in [0.717, 1.165) is 7.14 Å². The molecule has 0 spiro atoms. The number of benzene rings is 1. The van der Waals surface area contributed by atoms with Crippen LogP contribution >= 0.6 is 45.2 Å². The van der Waals surface area contributed by atoms with E-state index in [2.05, 4.69) is 50.5 Å². The number of aliphatic hydroxyl groups excluding tert-OH is 1. The van der Waals surface area contributed by atoms with Crippen molar-refractivity contribution >= 4 is 56.8 Å². The summed E-state index contributed by atoms with van der Waals surface area (Å²) in [6.07, 6.45) is 0.795. The first-order valence-corrected chi connectivity index (χ1v) is 7.39. The molecule has 1 aliphatic heterocycles. The van der Waals surface area contributed by atoms with Crippen molar-refractivity contribution in [3.8, 4) is 0 Å². The van der Waals surface area contributed by atoms with E-state index in [1.807, 2.05) is 12.1 Å². The number of carbonyl (C=O) groups excluding carboxylic acids is 1. The van der Waals surface area contributed by atoms with Gasteiger partial charge in [0.1, 0.15) is 0 Å². The number of rotatable bonds is 0. The molecule has 2 aromatic rings. The zero-order chi connectivity index (χ0) is 12.9. The van der Waals surface area contributed by atoms with Crippen LogP contribution in [0.5, 0.6) is 0 Å². The first-order chi connectivity index (χ1) is 8.58. The molecular formula is C12H8I2N2O2. The third kappa shape index (κ3) is 1.86. The molecule has 4 nitrogen and oxygen atoms in total. The van der Waals surface area contributed by atoms with Gasteiger partial charge in [0.2, 0.25) is 0 Å². The Bertz CT molecular complexity index is 652. The molecule has 18 heavy (non-hydrogen) atoms. The van der Waals surface area contributed by atoms with Crippen molar-refractivity contribution < 1.29 is 9.90 Å². The van der Waals surface area contributed by atoms with E-state index in [0.29, 0.717) is 16.9 Å².